The second kappa shape index (κ2) is 7.09. The largest absolute Gasteiger partial charge is 0.464 e. The number of carbonyl (C=O) groups is 1. The predicted octanol–water partition coefficient (Wildman–Crippen LogP) is 5.22. The van der Waals surface area contributed by atoms with Gasteiger partial charge in [-0.25, -0.2) is 4.79 Å². The summed E-state index contributed by atoms with van der Waals surface area (Å²) in [6.45, 7) is 2.41. The third-order valence-electron chi connectivity index (χ3n) is 4.24. The molecule has 0 bridgehead atoms. The minimum atomic E-state index is -0.0896. The van der Waals surface area contributed by atoms with Crippen LogP contribution in [0, 0.1) is 6.92 Å². The quantitative estimate of drug-likeness (QED) is 0.834. The van der Waals surface area contributed by atoms with Gasteiger partial charge < -0.3 is 14.6 Å². The van der Waals surface area contributed by atoms with Crippen molar-refractivity contribution in [1.82, 2.24) is 4.90 Å². The van der Waals surface area contributed by atoms with Crippen molar-refractivity contribution in [2.24, 2.45) is 0 Å². The molecule has 1 aromatic heterocycles. The Balaban J connectivity index is 1.73. The molecule has 0 saturated heterocycles. The van der Waals surface area contributed by atoms with E-state index in [9.17, 15) is 4.79 Å². The predicted molar refractivity (Wildman–Crippen MR) is 91.7 cm³/mol. The highest BCUT2D eigenvalue weighted by Crippen LogP contribution is 2.26. The summed E-state index contributed by atoms with van der Waals surface area (Å²) in [5.74, 6) is 1.69. The first-order valence-corrected chi connectivity index (χ1v) is 8.38. The zero-order valence-corrected chi connectivity index (χ0v) is 14.0. The van der Waals surface area contributed by atoms with E-state index in [-0.39, 0.29) is 12.1 Å². The maximum atomic E-state index is 12.7. The van der Waals surface area contributed by atoms with Crippen LogP contribution in [0.5, 0.6) is 0 Å². The fourth-order valence-electron chi connectivity index (χ4n) is 3.05. The highest BCUT2D eigenvalue weighted by atomic mass is 35.5. The number of hydrogen-bond donors (Lipinski definition) is 1. The van der Waals surface area contributed by atoms with E-state index in [2.05, 4.69) is 5.32 Å². The van der Waals surface area contributed by atoms with E-state index < -0.39 is 0 Å². The molecule has 0 unspecified atom stereocenters. The van der Waals surface area contributed by atoms with Crippen LogP contribution in [0.25, 0.3) is 0 Å². The number of urea groups is 1. The number of amides is 2. The van der Waals surface area contributed by atoms with Crippen LogP contribution in [0.2, 0.25) is 5.02 Å². The number of hydrogen-bond acceptors (Lipinski definition) is 2. The van der Waals surface area contributed by atoms with E-state index in [1.807, 2.05) is 36.1 Å². The molecule has 1 aliphatic carbocycles. The van der Waals surface area contributed by atoms with Crippen LogP contribution in [0.4, 0.5) is 10.5 Å². The zero-order valence-electron chi connectivity index (χ0n) is 13.2. The number of carbonyl (C=O) groups excluding carboxylic acids is 1. The summed E-state index contributed by atoms with van der Waals surface area (Å²) in [6.07, 6.45) is 4.45. The first-order valence-electron chi connectivity index (χ1n) is 8.00. The Morgan fingerprint density at radius 3 is 2.52 bits per heavy atom. The van der Waals surface area contributed by atoms with E-state index in [0.29, 0.717) is 11.6 Å². The summed E-state index contributed by atoms with van der Waals surface area (Å²) in [5, 5.41) is 3.61. The molecule has 122 valence electrons. The minimum Gasteiger partial charge on any atom is -0.464 e. The molecule has 0 radical (unpaired) electrons. The number of halogens is 1. The summed E-state index contributed by atoms with van der Waals surface area (Å²) in [5.41, 5.74) is 0.748. The van der Waals surface area contributed by atoms with Gasteiger partial charge in [-0.3, -0.25) is 0 Å². The van der Waals surface area contributed by atoms with Crippen molar-refractivity contribution in [3.8, 4) is 0 Å². The molecule has 4 nitrogen and oxygen atoms in total. The monoisotopic (exact) mass is 332 g/mol. The smallest absolute Gasteiger partial charge is 0.322 e. The lowest BCUT2D eigenvalue weighted by molar-refractivity contribution is 0.178. The van der Waals surface area contributed by atoms with Crippen LogP contribution >= 0.6 is 11.6 Å². The summed E-state index contributed by atoms with van der Waals surface area (Å²) >= 11 is 5.89. The standard InChI is InChI=1S/C18H21ClN2O2/c1-13-6-11-17(23-13)12-21(16-4-2-3-5-16)18(22)20-15-9-7-14(19)8-10-15/h6-11,16H,2-5,12H2,1H3,(H,20,22). The van der Waals surface area contributed by atoms with Gasteiger partial charge in [0.1, 0.15) is 11.5 Å². The maximum absolute atomic E-state index is 12.7. The van der Waals surface area contributed by atoms with Gasteiger partial charge in [-0.2, -0.15) is 0 Å². The number of aryl methyl sites for hydroxylation is 1. The van der Waals surface area contributed by atoms with Gasteiger partial charge in [0.25, 0.3) is 0 Å². The highest BCUT2D eigenvalue weighted by molar-refractivity contribution is 6.30. The zero-order chi connectivity index (χ0) is 16.2. The van der Waals surface area contributed by atoms with Crippen molar-refractivity contribution in [2.45, 2.75) is 45.2 Å². The van der Waals surface area contributed by atoms with Crippen LogP contribution in [0.3, 0.4) is 0 Å². The molecule has 1 N–H and O–H groups in total. The molecule has 1 saturated carbocycles. The van der Waals surface area contributed by atoms with Crippen molar-refractivity contribution < 1.29 is 9.21 Å². The number of anilines is 1. The van der Waals surface area contributed by atoms with E-state index in [0.717, 1.165) is 30.0 Å². The van der Waals surface area contributed by atoms with Gasteiger partial charge in [-0.1, -0.05) is 24.4 Å². The van der Waals surface area contributed by atoms with Gasteiger partial charge in [0.15, 0.2) is 0 Å². The van der Waals surface area contributed by atoms with Gasteiger partial charge >= 0.3 is 6.03 Å². The molecule has 2 amide bonds. The Bertz CT molecular complexity index is 660. The molecule has 0 atom stereocenters. The summed E-state index contributed by atoms with van der Waals surface area (Å²) in [7, 11) is 0. The van der Waals surface area contributed by atoms with Crippen LogP contribution < -0.4 is 5.32 Å². The van der Waals surface area contributed by atoms with E-state index in [1.165, 1.54) is 12.8 Å². The second-order valence-electron chi connectivity index (χ2n) is 6.02. The van der Waals surface area contributed by atoms with Crippen molar-refractivity contribution >= 4 is 23.3 Å². The lowest BCUT2D eigenvalue weighted by atomic mass is 10.2. The molecular formula is C18H21ClN2O2. The van der Waals surface area contributed by atoms with Crippen molar-refractivity contribution in [3.63, 3.8) is 0 Å². The minimum absolute atomic E-state index is 0.0896. The highest BCUT2D eigenvalue weighted by Gasteiger charge is 2.27. The van der Waals surface area contributed by atoms with Crippen LogP contribution in [-0.2, 0) is 6.54 Å². The number of furan rings is 1. The molecule has 2 aromatic rings. The summed E-state index contributed by atoms with van der Waals surface area (Å²) in [4.78, 5) is 14.6. The first kappa shape index (κ1) is 15.9. The average molecular weight is 333 g/mol. The summed E-state index contributed by atoms with van der Waals surface area (Å²) < 4.78 is 5.65. The second-order valence-corrected chi connectivity index (χ2v) is 6.45. The molecule has 1 heterocycles. The normalized spacial score (nSPS) is 14.9. The van der Waals surface area contributed by atoms with Crippen molar-refractivity contribution in [3.05, 3.63) is 52.9 Å². The Kier molecular flexibility index (Phi) is 4.91. The molecule has 1 fully saturated rings. The molecule has 3 rings (SSSR count). The van der Waals surface area contributed by atoms with E-state index in [4.69, 9.17) is 16.0 Å². The molecule has 0 spiro atoms. The van der Waals surface area contributed by atoms with Crippen LogP contribution in [0.15, 0.2) is 40.8 Å². The van der Waals surface area contributed by atoms with E-state index >= 15 is 0 Å². The topological polar surface area (TPSA) is 45.5 Å². The number of rotatable bonds is 4. The van der Waals surface area contributed by atoms with Gasteiger partial charge in [-0.15, -0.1) is 0 Å². The Morgan fingerprint density at radius 1 is 1.22 bits per heavy atom. The van der Waals surface area contributed by atoms with Gasteiger partial charge in [0, 0.05) is 16.8 Å². The van der Waals surface area contributed by atoms with E-state index in [1.54, 1.807) is 12.1 Å². The Labute approximate surface area is 141 Å². The van der Waals surface area contributed by atoms with Crippen molar-refractivity contribution in [2.75, 3.05) is 5.32 Å². The molecule has 23 heavy (non-hydrogen) atoms. The third kappa shape index (κ3) is 4.08. The number of benzene rings is 1. The number of nitrogens with zero attached hydrogens (tertiary/aromatic N) is 1. The molecular weight excluding hydrogens is 312 g/mol. The molecule has 1 aliphatic rings. The Morgan fingerprint density at radius 2 is 1.91 bits per heavy atom. The summed E-state index contributed by atoms with van der Waals surface area (Å²) in [6, 6.07) is 11.2. The average Bonchev–Trinajstić information content (AvgIpc) is 3.18. The maximum Gasteiger partial charge on any atom is 0.322 e. The SMILES string of the molecule is Cc1ccc(CN(C(=O)Nc2ccc(Cl)cc2)C2CCCC2)o1. The fraction of sp³-hybridized carbons (Fsp3) is 0.389. The third-order valence-corrected chi connectivity index (χ3v) is 4.50. The lowest BCUT2D eigenvalue weighted by Gasteiger charge is -2.28. The van der Waals surface area contributed by atoms with Gasteiger partial charge in [0.2, 0.25) is 0 Å². The molecule has 1 aromatic carbocycles. The fourth-order valence-corrected chi connectivity index (χ4v) is 3.18. The Hall–Kier alpha value is -1.94. The lowest BCUT2D eigenvalue weighted by Crippen LogP contribution is -2.41. The molecule has 0 aliphatic heterocycles. The van der Waals surface area contributed by atoms with Crippen LogP contribution in [0.1, 0.15) is 37.2 Å². The van der Waals surface area contributed by atoms with Gasteiger partial charge in [-0.05, 0) is 56.2 Å². The van der Waals surface area contributed by atoms with Gasteiger partial charge in [0.05, 0.1) is 6.54 Å². The van der Waals surface area contributed by atoms with Crippen LogP contribution in [-0.4, -0.2) is 17.0 Å². The van der Waals surface area contributed by atoms with Crippen molar-refractivity contribution in [1.29, 1.82) is 0 Å². The molecule has 5 heteroatoms. The first-order chi connectivity index (χ1) is 11.1. The number of nitrogens with one attached hydrogen (secondary N) is 1.